The van der Waals surface area contributed by atoms with Gasteiger partial charge in [0.05, 0.1) is 22.9 Å². The molecular weight excluding hydrogens is 442 g/mol. The van der Waals surface area contributed by atoms with Crippen LogP contribution >= 0.6 is 11.6 Å². The number of hydrazone groups is 1. The van der Waals surface area contributed by atoms with Crippen LogP contribution in [0.25, 0.3) is 5.69 Å². The van der Waals surface area contributed by atoms with Gasteiger partial charge in [0.2, 0.25) is 0 Å². The quantitative estimate of drug-likeness (QED) is 0.292. The maximum Gasteiger partial charge on any atom is 0.344 e. The molecule has 8 heteroatoms. The zero-order chi connectivity index (χ0) is 24.0. The van der Waals surface area contributed by atoms with Crippen LogP contribution in [0.1, 0.15) is 41.2 Å². The Morgan fingerprint density at radius 3 is 2.36 bits per heavy atom. The second-order valence-corrected chi connectivity index (χ2v) is 8.12. The van der Waals surface area contributed by atoms with Gasteiger partial charge >= 0.3 is 5.97 Å². The molecule has 0 saturated carbocycles. The normalized spacial score (nSPS) is 11.1. The Hall–Kier alpha value is -3.58. The van der Waals surface area contributed by atoms with E-state index in [0.29, 0.717) is 16.3 Å². The van der Waals surface area contributed by atoms with Crippen molar-refractivity contribution in [1.29, 1.82) is 0 Å². The van der Waals surface area contributed by atoms with Crippen molar-refractivity contribution in [1.82, 2.24) is 9.99 Å². The maximum absolute atomic E-state index is 12.6. The molecule has 0 aliphatic carbocycles. The molecule has 3 rings (SSSR count). The third-order valence-electron chi connectivity index (χ3n) is 4.71. The number of carbonyl (C=O) groups is 2. The summed E-state index contributed by atoms with van der Waals surface area (Å²) in [5.74, 6) is -0.316. The SMILES string of the molecule is Cc1ccc(C)n1-c1ccc(Cl)c(C(=O)NN=Cc2ccc(OCC(=O)OC(C)C)cc2)c1. The molecular formula is C25H26ClN3O4. The van der Waals surface area contributed by atoms with Gasteiger partial charge < -0.3 is 14.0 Å². The van der Waals surface area contributed by atoms with Crippen LogP contribution in [0.5, 0.6) is 5.75 Å². The Kier molecular flexibility index (Phi) is 7.90. The fraction of sp³-hybridized carbons (Fsp3) is 0.240. The lowest BCUT2D eigenvalue weighted by molar-refractivity contribution is -0.149. The minimum Gasteiger partial charge on any atom is -0.482 e. The summed E-state index contributed by atoms with van der Waals surface area (Å²) < 4.78 is 12.5. The fourth-order valence-electron chi connectivity index (χ4n) is 3.22. The van der Waals surface area contributed by atoms with Crippen molar-refractivity contribution < 1.29 is 19.1 Å². The van der Waals surface area contributed by atoms with E-state index in [1.54, 1.807) is 50.2 Å². The van der Waals surface area contributed by atoms with Gasteiger partial charge in [-0.2, -0.15) is 5.10 Å². The monoisotopic (exact) mass is 467 g/mol. The topological polar surface area (TPSA) is 81.9 Å². The molecule has 0 radical (unpaired) electrons. The Morgan fingerprint density at radius 1 is 1.06 bits per heavy atom. The number of esters is 1. The van der Waals surface area contributed by atoms with Gasteiger partial charge in [0.15, 0.2) is 6.61 Å². The summed E-state index contributed by atoms with van der Waals surface area (Å²) in [6.45, 7) is 7.39. The fourth-order valence-corrected chi connectivity index (χ4v) is 3.42. The van der Waals surface area contributed by atoms with Gasteiger partial charge in [-0.15, -0.1) is 0 Å². The van der Waals surface area contributed by atoms with Crippen LogP contribution in [-0.2, 0) is 9.53 Å². The summed E-state index contributed by atoms with van der Waals surface area (Å²) >= 11 is 6.26. The molecule has 2 aromatic carbocycles. The zero-order valence-electron chi connectivity index (χ0n) is 19.0. The molecule has 0 aliphatic rings. The van der Waals surface area contributed by atoms with E-state index < -0.39 is 11.9 Å². The van der Waals surface area contributed by atoms with E-state index in [1.807, 2.05) is 36.6 Å². The Balaban J connectivity index is 1.61. The number of hydrogen-bond acceptors (Lipinski definition) is 5. The molecule has 1 amide bonds. The van der Waals surface area contributed by atoms with E-state index in [0.717, 1.165) is 22.6 Å². The molecule has 1 aromatic heterocycles. The van der Waals surface area contributed by atoms with Gasteiger partial charge in [0.1, 0.15) is 5.75 Å². The first-order chi connectivity index (χ1) is 15.7. The van der Waals surface area contributed by atoms with Crippen LogP contribution < -0.4 is 10.2 Å². The molecule has 0 fully saturated rings. The highest BCUT2D eigenvalue weighted by Gasteiger charge is 2.13. The van der Waals surface area contributed by atoms with Crippen molar-refractivity contribution in [2.75, 3.05) is 6.61 Å². The van der Waals surface area contributed by atoms with Crippen molar-refractivity contribution in [2.24, 2.45) is 5.10 Å². The number of aryl methyl sites for hydroxylation is 2. The van der Waals surface area contributed by atoms with Crippen molar-refractivity contribution >= 4 is 29.7 Å². The largest absolute Gasteiger partial charge is 0.482 e. The van der Waals surface area contributed by atoms with Crippen LogP contribution in [-0.4, -0.2) is 35.4 Å². The summed E-state index contributed by atoms with van der Waals surface area (Å²) in [7, 11) is 0. The second kappa shape index (κ2) is 10.8. The molecule has 33 heavy (non-hydrogen) atoms. The number of carbonyl (C=O) groups excluding carboxylic acids is 2. The summed E-state index contributed by atoms with van der Waals surface area (Å²) in [5.41, 5.74) is 6.54. The molecule has 0 spiro atoms. The van der Waals surface area contributed by atoms with Crippen LogP contribution in [0.2, 0.25) is 5.02 Å². The van der Waals surface area contributed by atoms with Crippen molar-refractivity contribution in [3.63, 3.8) is 0 Å². The number of halogens is 1. The number of benzene rings is 2. The Bertz CT molecular complexity index is 1150. The van der Waals surface area contributed by atoms with E-state index >= 15 is 0 Å². The average Bonchev–Trinajstić information content (AvgIpc) is 3.11. The van der Waals surface area contributed by atoms with Crippen molar-refractivity contribution in [2.45, 2.75) is 33.8 Å². The highest BCUT2D eigenvalue weighted by atomic mass is 35.5. The van der Waals surface area contributed by atoms with Gasteiger partial charge in [-0.1, -0.05) is 11.6 Å². The third-order valence-corrected chi connectivity index (χ3v) is 5.04. The van der Waals surface area contributed by atoms with Gasteiger partial charge in [0.25, 0.3) is 5.91 Å². The van der Waals surface area contributed by atoms with Crippen molar-refractivity contribution in [3.8, 4) is 11.4 Å². The molecule has 1 heterocycles. The summed E-state index contributed by atoms with van der Waals surface area (Å²) in [6.07, 6.45) is 1.32. The molecule has 0 atom stereocenters. The molecule has 7 nitrogen and oxygen atoms in total. The lowest BCUT2D eigenvalue weighted by atomic mass is 10.2. The molecule has 172 valence electrons. The first kappa shape index (κ1) is 24.1. The van der Waals surface area contributed by atoms with Crippen LogP contribution in [0.3, 0.4) is 0 Å². The van der Waals surface area contributed by atoms with Gasteiger partial charge in [-0.3, -0.25) is 4.79 Å². The number of ether oxygens (including phenoxy) is 2. The second-order valence-electron chi connectivity index (χ2n) is 7.71. The maximum atomic E-state index is 12.6. The Morgan fingerprint density at radius 2 is 1.73 bits per heavy atom. The standard InChI is InChI=1S/C25H26ClN3O4/c1-16(2)33-24(30)15-32-21-10-7-19(8-11-21)14-27-28-25(31)22-13-20(9-12-23(22)26)29-17(3)5-6-18(29)4/h5-14,16H,15H2,1-4H3,(H,28,31). The smallest absolute Gasteiger partial charge is 0.344 e. The van der Waals surface area contributed by atoms with E-state index in [2.05, 4.69) is 10.5 Å². The molecule has 1 N–H and O–H groups in total. The van der Waals surface area contributed by atoms with Gasteiger partial charge in [-0.25, -0.2) is 10.2 Å². The van der Waals surface area contributed by atoms with Gasteiger partial charge in [-0.05, 0) is 87.9 Å². The highest BCUT2D eigenvalue weighted by molar-refractivity contribution is 6.33. The average molecular weight is 468 g/mol. The van der Waals surface area contributed by atoms with E-state index in [-0.39, 0.29) is 12.7 Å². The molecule has 0 unspecified atom stereocenters. The molecule has 3 aromatic rings. The molecule has 0 bridgehead atoms. The zero-order valence-corrected chi connectivity index (χ0v) is 19.7. The lowest BCUT2D eigenvalue weighted by Gasteiger charge is -2.12. The predicted molar refractivity (Wildman–Crippen MR) is 128 cm³/mol. The van der Waals surface area contributed by atoms with Gasteiger partial charge in [0, 0.05) is 17.1 Å². The van der Waals surface area contributed by atoms with Crippen LogP contribution in [0.15, 0.2) is 59.7 Å². The predicted octanol–water partition coefficient (Wildman–Crippen LogP) is 4.84. The number of aromatic nitrogens is 1. The van der Waals surface area contributed by atoms with E-state index in [1.165, 1.54) is 6.21 Å². The number of rotatable bonds is 8. The van der Waals surface area contributed by atoms with E-state index in [9.17, 15) is 9.59 Å². The van der Waals surface area contributed by atoms with E-state index in [4.69, 9.17) is 21.1 Å². The number of nitrogens with one attached hydrogen (secondary N) is 1. The minimum atomic E-state index is -0.428. The Labute approximate surface area is 198 Å². The first-order valence-corrected chi connectivity index (χ1v) is 10.8. The summed E-state index contributed by atoms with van der Waals surface area (Å²) in [6, 6.07) is 16.3. The number of nitrogens with zero attached hydrogens (tertiary/aromatic N) is 2. The minimum absolute atomic E-state index is 0.163. The number of hydrogen-bond donors (Lipinski definition) is 1. The summed E-state index contributed by atoms with van der Waals surface area (Å²) in [5, 5.41) is 4.36. The van der Waals surface area contributed by atoms with Crippen molar-refractivity contribution in [3.05, 3.63) is 82.1 Å². The third kappa shape index (κ3) is 6.46. The number of amides is 1. The summed E-state index contributed by atoms with van der Waals surface area (Å²) in [4.78, 5) is 24.2. The molecule has 0 aliphatic heterocycles. The highest BCUT2D eigenvalue weighted by Crippen LogP contribution is 2.23. The van der Waals surface area contributed by atoms with Crippen LogP contribution in [0.4, 0.5) is 0 Å². The lowest BCUT2D eigenvalue weighted by Crippen LogP contribution is -2.19. The molecule has 0 saturated heterocycles. The van der Waals surface area contributed by atoms with Crippen LogP contribution in [0, 0.1) is 13.8 Å². The first-order valence-electron chi connectivity index (χ1n) is 10.4.